The van der Waals surface area contributed by atoms with Crippen LogP contribution in [0.5, 0.6) is 0 Å². The summed E-state index contributed by atoms with van der Waals surface area (Å²) in [5, 5.41) is 4.34. The molecule has 2 aromatic rings. The van der Waals surface area contributed by atoms with Gasteiger partial charge in [-0.3, -0.25) is 9.48 Å². The van der Waals surface area contributed by atoms with Crippen molar-refractivity contribution in [1.29, 1.82) is 0 Å². The second-order valence-corrected chi connectivity index (χ2v) is 4.74. The monoisotopic (exact) mass is 287 g/mol. The first-order valence-corrected chi connectivity index (χ1v) is 6.79. The average molecular weight is 287 g/mol. The van der Waals surface area contributed by atoms with Crippen LogP contribution in [-0.4, -0.2) is 27.6 Å². The Labute approximate surface area is 123 Å². The molecule has 0 bridgehead atoms. The third-order valence-electron chi connectivity index (χ3n) is 3.08. The SMILES string of the molecule is CCn1ccc(CN(C)C(=O)/C=C/c2ccc(F)cc2)n1. The summed E-state index contributed by atoms with van der Waals surface area (Å²) in [5.41, 5.74) is 1.64. The summed E-state index contributed by atoms with van der Waals surface area (Å²) in [7, 11) is 1.72. The molecule has 0 aliphatic heterocycles. The number of halogens is 1. The Morgan fingerprint density at radius 3 is 2.67 bits per heavy atom. The van der Waals surface area contributed by atoms with Gasteiger partial charge in [0.2, 0.25) is 5.91 Å². The molecule has 4 nitrogen and oxygen atoms in total. The van der Waals surface area contributed by atoms with Crippen molar-refractivity contribution in [2.45, 2.75) is 20.0 Å². The molecule has 110 valence electrons. The van der Waals surface area contributed by atoms with E-state index in [1.165, 1.54) is 18.2 Å². The van der Waals surface area contributed by atoms with Gasteiger partial charge in [-0.1, -0.05) is 12.1 Å². The molecule has 0 N–H and O–H groups in total. The number of likely N-dealkylation sites (N-methyl/N-ethyl adjacent to an activating group) is 1. The van der Waals surface area contributed by atoms with E-state index in [0.717, 1.165) is 17.8 Å². The minimum absolute atomic E-state index is 0.120. The molecule has 2 rings (SSSR count). The molecule has 1 amide bonds. The van der Waals surface area contributed by atoms with Crippen molar-refractivity contribution in [2.24, 2.45) is 0 Å². The third-order valence-corrected chi connectivity index (χ3v) is 3.08. The molecule has 0 aliphatic rings. The highest BCUT2D eigenvalue weighted by molar-refractivity contribution is 5.91. The lowest BCUT2D eigenvalue weighted by molar-refractivity contribution is -0.125. The maximum atomic E-state index is 12.8. The van der Waals surface area contributed by atoms with Crippen molar-refractivity contribution in [1.82, 2.24) is 14.7 Å². The van der Waals surface area contributed by atoms with E-state index in [4.69, 9.17) is 0 Å². The number of hydrogen-bond donors (Lipinski definition) is 0. The van der Waals surface area contributed by atoms with Crippen LogP contribution in [0, 0.1) is 5.82 Å². The van der Waals surface area contributed by atoms with Crippen molar-refractivity contribution >= 4 is 12.0 Å². The molecule has 5 heteroatoms. The predicted molar refractivity (Wildman–Crippen MR) is 79.8 cm³/mol. The van der Waals surface area contributed by atoms with Crippen LogP contribution in [0.2, 0.25) is 0 Å². The van der Waals surface area contributed by atoms with Crippen LogP contribution < -0.4 is 0 Å². The first-order chi connectivity index (χ1) is 10.1. The highest BCUT2D eigenvalue weighted by atomic mass is 19.1. The zero-order valence-electron chi connectivity index (χ0n) is 12.2. The summed E-state index contributed by atoms with van der Waals surface area (Å²) >= 11 is 0. The van der Waals surface area contributed by atoms with Crippen molar-refractivity contribution < 1.29 is 9.18 Å². The van der Waals surface area contributed by atoms with Gasteiger partial charge in [0.05, 0.1) is 12.2 Å². The van der Waals surface area contributed by atoms with Crippen molar-refractivity contribution in [3.05, 3.63) is 59.7 Å². The number of amides is 1. The largest absolute Gasteiger partial charge is 0.336 e. The molecule has 1 heterocycles. The Morgan fingerprint density at radius 1 is 1.33 bits per heavy atom. The van der Waals surface area contributed by atoms with E-state index >= 15 is 0 Å². The molecule has 0 aliphatic carbocycles. The molecule has 1 aromatic heterocycles. The summed E-state index contributed by atoms with van der Waals surface area (Å²) < 4.78 is 14.6. The van der Waals surface area contributed by atoms with Gasteiger partial charge in [0.15, 0.2) is 0 Å². The molecule has 0 saturated carbocycles. The van der Waals surface area contributed by atoms with Gasteiger partial charge in [-0.15, -0.1) is 0 Å². The number of carbonyl (C=O) groups excluding carboxylic acids is 1. The second-order valence-electron chi connectivity index (χ2n) is 4.74. The van der Waals surface area contributed by atoms with Gasteiger partial charge in [0.25, 0.3) is 0 Å². The predicted octanol–water partition coefficient (Wildman–Crippen LogP) is 2.71. The fraction of sp³-hybridized carbons (Fsp3) is 0.250. The van der Waals surface area contributed by atoms with Crippen LogP contribution in [0.15, 0.2) is 42.6 Å². The lowest BCUT2D eigenvalue weighted by atomic mass is 10.2. The Hall–Kier alpha value is -2.43. The Morgan fingerprint density at radius 2 is 2.05 bits per heavy atom. The number of aromatic nitrogens is 2. The minimum Gasteiger partial charge on any atom is -0.336 e. The van der Waals surface area contributed by atoms with Crippen LogP contribution in [0.3, 0.4) is 0 Å². The molecule has 0 spiro atoms. The molecule has 0 atom stereocenters. The maximum Gasteiger partial charge on any atom is 0.246 e. The van der Waals surface area contributed by atoms with Gasteiger partial charge in [-0.05, 0) is 36.8 Å². The summed E-state index contributed by atoms with van der Waals surface area (Å²) in [4.78, 5) is 13.6. The fourth-order valence-electron chi connectivity index (χ4n) is 1.85. The van der Waals surface area contributed by atoms with Crippen molar-refractivity contribution in [3.8, 4) is 0 Å². The smallest absolute Gasteiger partial charge is 0.246 e. The zero-order chi connectivity index (χ0) is 15.2. The van der Waals surface area contributed by atoms with Gasteiger partial charge in [-0.25, -0.2) is 4.39 Å². The number of benzene rings is 1. The number of carbonyl (C=O) groups is 1. The van der Waals surface area contributed by atoms with E-state index in [9.17, 15) is 9.18 Å². The van der Waals surface area contributed by atoms with Crippen LogP contribution in [0.1, 0.15) is 18.2 Å². The molecule has 0 saturated heterocycles. The molecular formula is C16H18FN3O. The van der Waals surface area contributed by atoms with E-state index in [1.54, 1.807) is 30.2 Å². The normalized spacial score (nSPS) is 11.0. The highest BCUT2D eigenvalue weighted by Crippen LogP contribution is 2.06. The molecule has 0 radical (unpaired) electrons. The average Bonchev–Trinajstić information content (AvgIpc) is 2.94. The Bertz CT molecular complexity index is 631. The molecule has 0 fully saturated rings. The number of hydrogen-bond acceptors (Lipinski definition) is 2. The van der Waals surface area contributed by atoms with E-state index < -0.39 is 0 Å². The van der Waals surface area contributed by atoms with E-state index in [1.807, 2.05) is 23.9 Å². The Kier molecular flexibility index (Phi) is 4.87. The summed E-state index contributed by atoms with van der Waals surface area (Å²) in [6.07, 6.45) is 5.04. The standard InChI is InChI=1S/C16H18FN3O/c1-3-20-11-10-15(18-20)12-19(2)16(21)9-6-13-4-7-14(17)8-5-13/h4-11H,3,12H2,1-2H3/b9-6+. The first-order valence-electron chi connectivity index (χ1n) is 6.79. The second kappa shape index (κ2) is 6.83. The quantitative estimate of drug-likeness (QED) is 0.793. The first kappa shape index (κ1) is 15.0. The zero-order valence-corrected chi connectivity index (χ0v) is 12.2. The highest BCUT2D eigenvalue weighted by Gasteiger charge is 2.07. The van der Waals surface area contributed by atoms with Gasteiger partial charge in [-0.2, -0.15) is 5.10 Å². The Balaban J connectivity index is 1.94. The number of rotatable bonds is 5. The molecule has 21 heavy (non-hydrogen) atoms. The van der Waals surface area contributed by atoms with Crippen LogP contribution in [-0.2, 0) is 17.9 Å². The minimum atomic E-state index is -0.290. The van der Waals surface area contributed by atoms with Crippen LogP contribution in [0.4, 0.5) is 4.39 Å². The lowest BCUT2D eigenvalue weighted by Crippen LogP contribution is -2.24. The molecule has 0 unspecified atom stereocenters. The van der Waals surface area contributed by atoms with Crippen molar-refractivity contribution in [2.75, 3.05) is 7.05 Å². The van der Waals surface area contributed by atoms with Gasteiger partial charge >= 0.3 is 0 Å². The van der Waals surface area contributed by atoms with Crippen LogP contribution in [0.25, 0.3) is 6.08 Å². The van der Waals surface area contributed by atoms with Crippen LogP contribution >= 0.6 is 0 Å². The van der Waals surface area contributed by atoms with E-state index in [2.05, 4.69) is 5.10 Å². The molecular weight excluding hydrogens is 269 g/mol. The maximum absolute atomic E-state index is 12.8. The third kappa shape index (κ3) is 4.27. The summed E-state index contributed by atoms with van der Waals surface area (Å²) in [6.45, 7) is 3.28. The van der Waals surface area contributed by atoms with Gasteiger partial charge < -0.3 is 4.90 Å². The van der Waals surface area contributed by atoms with Crippen molar-refractivity contribution in [3.63, 3.8) is 0 Å². The fourth-order valence-corrected chi connectivity index (χ4v) is 1.85. The van der Waals surface area contributed by atoms with E-state index in [0.29, 0.717) is 6.54 Å². The number of nitrogens with zero attached hydrogens (tertiary/aromatic N) is 3. The topological polar surface area (TPSA) is 38.1 Å². The lowest BCUT2D eigenvalue weighted by Gasteiger charge is -2.13. The summed E-state index contributed by atoms with van der Waals surface area (Å²) in [6, 6.07) is 7.89. The van der Waals surface area contributed by atoms with Gasteiger partial charge in [0.1, 0.15) is 5.82 Å². The summed E-state index contributed by atoms with van der Waals surface area (Å²) in [5.74, 6) is -0.410. The number of aryl methyl sites for hydroxylation is 1. The van der Waals surface area contributed by atoms with Gasteiger partial charge in [0, 0.05) is 25.9 Å². The van der Waals surface area contributed by atoms with E-state index in [-0.39, 0.29) is 11.7 Å². The molecule has 1 aromatic carbocycles.